The molecule has 98 valence electrons. The first-order valence-corrected chi connectivity index (χ1v) is 7.49. The zero-order chi connectivity index (χ0) is 13.3. The highest BCUT2D eigenvalue weighted by Gasteiger charge is 2.23. The third-order valence-electron chi connectivity index (χ3n) is 3.99. The summed E-state index contributed by atoms with van der Waals surface area (Å²) in [5.74, 6) is 0.614. The largest absolute Gasteiger partial charge is 0.324 e. The first-order chi connectivity index (χ1) is 8.39. The minimum Gasteiger partial charge on any atom is -0.324 e. The Bertz CT molecular complexity index is 521. The van der Waals surface area contributed by atoms with Gasteiger partial charge in [-0.3, -0.25) is 0 Å². The van der Waals surface area contributed by atoms with Crippen molar-refractivity contribution < 1.29 is 0 Å². The molecule has 2 heteroatoms. The molecule has 1 aromatic heterocycles. The third-order valence-corrected chi connectivity index (χ3v) is 4.97. The van der Waals surface area contributed by atoms with Gasteiger partial charge in [-0.25, -0.2) is 0 Å². The fourth-order valence-electron chi connectivity index (χ4n) is 2.17. The lowest BCUT2D eigenvalue weighted by Crippen LogP contribution is -2.23. The molecule has 0 saturated carbocycles. The van der Waals surface area contributed by atoms with E-state index in [9.17, 15) is 0 Å². The minimum atomic E-state index is 0.140. The second-order valence-corrected chi connectivity index (χ2v) is 7.21. The lowest BCUT2D eigenvalue weighted by atomic mass is 9.78. The molecule has 1 aromatic carbocycles. The summed E-state index contributed by atoms with van der Waals surface area (Å²) in [6.45, 7) is 9.16. The van der Waals surface area contributed by atoms with Gasteiger partial charge in [-0.15, -0.1) is 11.3 Å². The summed E-state index contributed by atoms with van der Waals surface area (Å²) in [5.41, 5.74) is 8.05. The van der Waals surface area contributed by atoms with Gasteiger partial charge >= 0.3 is 0 Å². The zero-order valence-electron chi connectivity index (χ0n) is 11.7. The van der Waals surface area contributed by atoms with Crippen molar-refractivity contribution in [2.24, 2.45) is 17.1 Å². The maximum Gasteiger partial charge on any atom is 0.0390 e. The number of hydrogen-bond acceptors (Lipinski definition) is 2. The summed E-state index contributed by atoms with van der Waals surface area (Å²) < 4.78 is 1.35. The Labute approximate surface area is 114 Å². The van der Waals surface area contributed by atoms with E-state index in [-0.39, 0.29) is 6.04 Å². The van der Waals surface area contributed by atoms with Gasteiger partial charge in [0.1, 0.15) is 0 Å². The molecule has 0 spiro atoms. The number of fused-ring (bicyclic) bond motifs is 1. The average Bonchev–Trinajstić information content (AvgIpc) is 2.74. The summed E-state index contributed by atoms with van der Waals surface area (Å²) in [4.78, 5) is 0. The average molecular weight is 261 g/mol. The van der Waals surface area contributed by atoms with Gasteiger partial charge in [0.2, 0.25) is 0 Å². The van der Waals surface area contributed by atoms with Crippen molar-refractivity contribution in [3.63, 3.8) is 0 Å². The third kappa shape index (κ3) is 2.76. The highest BCUT2D eigenvalue weighted by Crippen LogP contribution is 2.35. The van der Waals surface area contributed by atoms with Crippen LogP contribution < -0.4 is 5.73 Å². The Morgan fingerprint density at radius 2 is 1.94 bits per heavy atom. The molecule has 0 saturated heterocycles. The predicted molar refractivity (Wildman–Crippen MR) is 82.0 cm³/mol. The van der Waals surface area contributed by atoms with Gasteiger partial charge < -0.3 is 5.73 Å². The zero-order valence-corrected chi connectivity index (χ0v) is 12.6. The Kier molecular flexibility index (Phi) is 3.79. The molecular formula is C16H23NS. The van der Waals surface area contributed by atoms with Crippen molar-refractivity contribution in [3.05, 3.63) is 35.2 Å². The number of hydrogen-bond donors (Lipinski definition) is 1. The molecule has 0 amide bonds. The van der Waals surface area contributed by atoms with E-state index in [4.69, 9.17) is 5.73 Å². The van der Waals surface area contributed by atoms with Crippen LogP contribution in [-0.4, -0.2) is 0 Å². The van der Waals surface area contributed by atoms with Crippen LogP contribution in [0.2, 0.25) is 0 Å². The molecule has 1 nitrogen and oxygen atoms in total. The molecule has 2 unspecified atom stereocenters. The summed E-state index contributed by atoms with van der Waals surface area (Å²) in [6.07, 6.45) is 1.04. The standard InChI is InChI=1S/C16H23NS/c1-11(16(2,3)4)10-14(17)13-7-5-6-12-8-9-18-15(12)13/h5-9,11,14H,10,17H2,1-4H3. The maximum absolute atomic E-state index is 6.42. The van der Waals surface area contributed by atoms with Crippen LogP contribution in [0, 0.1) is 11.3 Å². The molecule has 0 aliphatic rings. The fraction of sp³-hybridized carbons (Fsp3) is 0.500. The van der Waals surface area contributed by atoms with Gasteiger partial charge in [-0.05, 0) is 40.1 Å². The fourth-order valence-corrected chi connectivity index (χ4v) is 3.15. The van der Waals surface area contributed by atoms with Gasteiger partial charge in [-0.1, -0.05) is 45.9 Å². The van der Waals surface area contributed by atoms with Crippen LogP contribution in [0.4, 0.5) is 0 Å². The summed E-state index contributed by atoms with van der Waals surface area (Å²) >= 11 is 1.80. The first-order valence-electron chi connectivity index (χ1n) is 6.61. The maximum atomic E-state index is 6.42. The molecule has 0 aliphatic heterocycles. The van der Waals surface area contributed by atoms with Gasteiger partial charge in [0, 0.05) is 10.7 Å². The van der Waals surface area contributed by atoms with Crippen LogP contribution in [0.15, 0.2) is 29.6 Å². The molecular weight excluding hydrogens is 238 g/mol. The van der Waals surface area contributed by atoms with Crippen molar-refractivity contribution >= 4 is 21.4 Å². The lowest BCUT2D eigenvalue weighted by Gasteiger charge is -2.29. The van der Waals surface area contributed by atoms with Crippen molar-refractivity contribution in [2.75, 3.05) is 0 Å². The van der Waals surface area contributed by atoms with E-state index in [0.29, 0.717) is 11.3 Å². The van der Waals surface area contributed by atoms with Crippen LogP contribution >= 0.6 is 11.3 Å². The summed E-state index contributed by atoms with van der Waals surface area (Å²) in [5, 5.41) is 3.46. The second-order valence-electron chi connectivity index (χ2n) is 6.30. The smallest absolute Gasteiger partial charge is 0.0390 e. The molecule has 0 aliphatic carbocycles. The van der Waals surface area contributed by atoms with Crippen LogP contribution in [0.1, 0.15) is 45.7 Å². The Morgan fingerprint density at radius 1 is 1.22 bits per heavy atom. The molecule has 2 atom stereocenters. The molecule has 0 fully saturated rings. The van der Waals surface area contributed by atoms with Crippen molar-refractivity contribution in [1.29, 1.82) is 0 Å². The molecule has 1 heterocycles. The van der Waals surface area contributed by atoms with E-state index in [2.05, 4.69) is 57.3 Å². The molecule has 18 heavy (non-hydrogen) atoms. The van der Waals surface area contributed by atoms with Gasteiger partial charge in [0.05, 0.1) is 0 Å². The van der Waals surface area contributed by atoms with E-state index in [0.717, 1.165) is 6.42 Å². The number of thiophene rings is 1. The second kappa shape index (κ2) is 5.02. The quantitative estimate of drug-likeness (QED) is 0.829. The van der Waals surface area contributed by atoms with E-state index in [1.54, 1.807) is 11.3 Å². The van der Waals surface area contributed by atoms with E-state index >= 15 is 0 Å². The van der Waals surface area contributed by atoms with Crippen LogP contribution in [-0.2, 0) is 0 Å². The van der Waals surface area contributed by atoms with E-state index < -0.39 is 0 Å². The molecule has 2 N–H and O–H groups in total. The number of nitrogens with two attached hydrogens (primary N) is 1. The highest BCUT2D eigenvalue weighted by molar-refractivity contribution is 7.17. The minimum absolute atomic E-state index is 0.140. The van der Waals surface area contributed by atoms with Crippen LogP contribution in [0.3, 0.4) is 0 Å². The van der Waals surface area contributed by atoms with Crippen LogP contribution in [0.5, 0.6) is 0 Å². The lowest BCUT2D eigenvalue weighted by molar-refractivity contribution is 0.234. The van der Waals surface area contributed by atoms with Gasteiger partial charge in [0.25, 0.3) is 0 Å². The Morgan fingerprint density at radius 3 is 2.61 bits per heavy atom. The highest BCUT2D eigenvalue weighted by atomic mass is 32.1. The molecule has 2 aromatic rings. The molecule has 0 bridgehead atoms. The number of rotatable bonds is 3. The monoisotopic (exact) mass is 261 g/mol. The topological polar surface area (TPSA) is 26.0 Å². The summed E-state index contributed by atoms with van der Waals surface area (Å²) in [6, 6.07) is 8.77. The predicted octanol–water partition coefficient (Wildman–Crippen LogP) is 4.97. The van der Waals surface area contributed by atoms with Gasteiger partial charge in [0.15, 0.2) is 0 Å². The van der Waals surface area contributed by atoms with Crippen molar-refractivity contribution in [3.8, 4) is 0 Å². The van der Waals surface area contributed by atoms with Crippen molar-refractivity contribution in [1.82, 2.24) is 0 Å². The van der Waals surface area contributed by atoms with Gasteiger partial charge in [-0.2, -0.15) is 0 Å². The molecule has 2 rings (SSSR count). The van der Waals surface area contributed by atoms with E-state index in [1.807, 2.05) is 0 Å². The Hall–Kier alpha value is -0.860. The van der Waals surface area contributed by atoms with Crippen molar-refractivity contribution in [2.45, 2.75) is 40.2 Å². The summed E-state index contributed by atoms with van der Waals surface area (Å²) in [7, 11) is 0. The number of benzene rings is 1. The SMILES string of the molecule is CC(CC(N)c1cccc2ccsc12)C(C)(C)C. The van der Waals surface area contributed by atoms with Crippen LogP contribution in [0.25, 0.3) is 10.1 Å². The Balaban J connectivity index is 2.23. The first kappa shape index (κ1) is 13.6. The molecule has 0 radical (unpaired) electrons. The normalized spacial score (nSPS) is 15.8. The van der Waals surface area contributed by atoms with E-state index in [1.165, 1.54) is 15.6 Å².